The first-order valence-electron chi connectivity index (χ1n) is 18.8. The van der Waals surface area contributed by atoms with Crippen molar-refractivity contribution in [2.24, 2.45) is 10.9 Å². The quantitative estimate of drug-likeness (QED) is 0.0570. The SMILES string of the molecule is COC(=O)C1=C[C@H](N=C(NC(=O)OC(C)(C)C)NC(=O)OC(C)(C)C)[C@@H](C)C([C@H](OC(=O)NCCCCCCCCNC(=O)OC(C)(C)C)[C@H]2COC(=O)O2)O1. The predicted octanol–water partition coefficient (Wildman–Crippen LogP) is 5.35. The Balaban J connectivity index is 2.16. The van der Waals surface area contributed by atoms with Gasteiger partial charge >= 0.3 is 36.5 Å². The van der Waals surface area contributed by atoms with E-state index < -0.39 is 83.6 Å². The number of nitrogens with one attached hydrogen (secondary N) is 4. The van der Waals surface area contributed by atoms with Gasteiger partial charge in [0.25, 0.3) is 0 Å². The van der Waals surface area contributed by atoms with E-state index in [1.807, 2.05) is 0 Å². The third-order valence-electron chi connectivity index (χ3n) is 7.63. The van der Waals surface area contributed by atoms with Crippen LogP contribution in [0.25, 0.3) is 0 Å². The van der Waals surface area contributed by atoms with Crippen LogP contribution in [0.2, 0.25) is 0 Å². The lowest BCUT2D eigenvalue weighted by Crippen LogP contribution is -2.53. The number of carbonyl (C=O) groups is 6. The monoisotopic (exact) mass is 799 g/mol. The fourth-order valence-electron chi connectivity index (χ4n) is 5.25. The second-order valence-electron chi connectivity index (χ2n) is 16.3. The first-order chi connectivity index (χ1) is 26.0. The maximum absolute atomic E-state index is 13.1. The molecule has 1 saturated heterocycles. The van der Waals surface area contributed by atoms with Crippen LogP contribution in [-0.2, 0) is 42.7 Å². The van der Waals surface area contributed by atoms with Gasteiger partial charge in [0.15, 0.2) is 12.2 Å². The van der Waals surface area contributed by atoms with Crippen LogP contribution in [0, 0.1) is 5.92 Å². The van der Waals surface area contributed by atoms with Crippen LogP contribution in [0.4, 0.5) is 24.0 Å². The van der Waals surface area contributed by atoms with Gasteiger partial charge in [-0.15, -0.1) is 0 Å². The molecule has 0 aromatic carbocycles. The van der Waals surface area contributed by atoms with E-state index in [1.54, 1.807) is 69.2 Å². The number of carbonyl (C=O) groups excluding carboxylic acids is 6. The molecule has 4 amide bonds. The van der Waals surface area contributed by atoms with Crippen LogP contribution >= 0.6 is 0 Å². The van der Waals surface area contributed by atoms with E-state index in [2.05, 4.69) is 26.3 Å². The molecule has 318 valence electrons. The number of hydrogen-bond donors (Lipinski definition) is 4. The van der Waals surface area contributed by atoms with Crippen molar-refractivity contribution in [3.05, 3.63) is 11.8 Å². The van der Waals surface area contributed by atoms with Crippen molar-refractivity contribution >= 4 is 42.5 Å². The largest absolute Gasteiger partial charge is 0.508 e. The van der Waals surface area contributed by atoms with Gasteiger partial charge in [-0.25, -0.2) is 33.8 Å². The smallest absolute Gasteiger partial charge is 0.479 e. The van der Waals surface area contributed by atoms with Gasteiger partial charge < -0.3 is 48.5 Å². The molecule has 1 unspecified atom stereocenters. The van der Waals surface area contributed by atoms with Crippen molar-refractivity contribution in [1.29, 1.82) is 0 Å². The number of aliphatic imine (C=N–C) groups is 1. The molecule has 2 rings (SSSR count). The third-order valence-corrected chi connectivity index (χ3v) is 7.63. The summed E-state index contributed by atoms with van der Waals surface area (Å²) in [6.07, 6.45) is -1.44. The molecule has 0 aliphatic carbocycles. The lowest BCUT2D eigenvalue weighted by atomic mass is 9.87. The number of hydrogen-bond acceptors (Lipinski definition) is 15. The fourth-order valence-corrected chi connectivity index (χ4v) is 5.25. The highest BCUT2D eigenvalue weighted by Gasteiger charge is 2.48. The Bertz CT molecular complexity index is 1400. The molecule has 2 heterocycles. The van der Waals surface area contributed by atoms with E-state index in [0.29, 0.717) is 13.0 Å². The van der Waals surface area contributed by atoms with Crippen LogP contribution < -0.4 is 21.3 Å². The predicted molar refractivity (Wildman–Crippen MR) is 201 cm³/mol. The third kappa shape index (κ3) is 18.6. The highest BCUT2D eigenvalue weighted by atomic mass is 16.8. The minimum atomic E-state index is -1.32. The molecule has 0 aromatic rings. The van der Waals surface area contributed by atoms with E-state index in [-0.39, 0.29) is 24.9 Å². The van der Waals surface area contributed by atoms with Crippen LogP contribution in [0.15, 0.2) is 16.8 Å². The van der Waals surface area contributed by atoms with Crippen molar-refractivity contribution in [1.82, 2.24) is 21.3 Å². The first-order valence-corrected chi connectivity index (χ1v) is 18.8. The number of unbranched alkanes of at least 4 members (excludes halogenated alkanes) is 5. The maximum atomic E-state index is 13.1. The normalized spacial score (nSPS) is 20.0. The average molecular weight is 800 g/mol. The fraction of sp³-hybridized carbons (Fsp3) is 0.757. The van der Waals surface area contributed by atoms with Gasteiger partial charge in [0.05, 0.1) is 13.2 Å². The first kappa shape index (κ1) is 47.2. The lowest BCUT2D eigenvalue weighted by molar-refractivity contribution is -0.147. The van der Waals surface area contributed by atoms with E-state index in [1.165, 1.54) is 6.08 Å². The van der Waals surface area contributed by atoms with Crippen LogP contribution in [0.1, 0.15) is 108 Å². The highest BCUT2D eigenvalue weighted by Crippen LogP contribution is 2.33. The van der Waals surface area contributed by atoms with Crippen molar-refractivity contribution in [3.63, 3.8) is 0 Å². The van der Waals surface area contributed by atoms with Gasteiger partial charge in [0.2, 0.25) is 11.7 Å². The molecule has 19 heteroatoms. The summed E-state index contributed by atoms with van der Waals surface area (Å²) in [6, 6.07) is -1.04. The highest BCUT2D eigenvalue weighted by molar-refractivity contribution is 6.01. The molecular weight excluding hydrogens is 738 g/mol. The molecule has 0 spiro atoms. The number of guanidine groups is 1. The van der Waals surface area contributed by atoms with Crippen LogP contribution in [0.5, 0.6) is 0 Å². The lowest BCUT2D eigenvalue weighted by Gasteiger charge is -2.38. The topological polar surface area (TPSA) is 237 Å². The molecule has 2 aliphatic heterocycles. The summed E-state index contributed by atoms with van der Waals surface area (Å²) in [5.41, 5.74) is -2.34. The minimum absolute atomic E-state index is 0.282. The molecule has 2 aliphatic rings. The molecule has 0 saturated carbocycles. The maximum Gasteiger partial charge on any atom is 0.508 e. The standard InChI is InChI=1S/C37H61N5O14/c1-22-23(40-29(41-32(46)55-36(5,6)7)42-33(47)56-37(8,9)10)20-24(28(43)49-11)51-26(22)27(25-21-50-34(48)52-25)53-30(44)38-18-16-14-12-13-15-17-19-39-31(45)54-35(2,3)4/h20,22-23,25-27H,12-19,21H2,1-11H3,(H,38,44)(H,39,45)(H2,40,41,42,46,47)/t22-,23+,25-,26?,27-/m1/s1. The molecule has 5 atom stereocenters. The summed E-state index contributed by atoms with van der Waals surface area (Å²) in [4.78, 5) is 79.7. The molecule has 56 heavy (non-hydrogen) atoms. The van der Waals surface area contributed by atoms with Crippen molar-refractivity contribution in [3.8, 4) is 0 Å². The minimum Gasteiger partial charge on any atom is -0.479 e. The summed E-state index contributed by atoms with van der Waals surface area (Å²) in [5, 5.41) is 10.2. The molecule has 1 fully saturated rings. The number of nitrogens with zero attached hydrogens (tertiary/aromatic N) is 1. The Morgan fingerprint density at radius 1 is 0.750 bits per heavy atom. The van der Waals surface area contributed by atoms with Crippen LogP contribution in [-0.4, -0.2) is 110 Å². The Morgan fingerprint density at radius 3 is 1.70 bits per heavy atom. The summed E-state index contributed by atoms with van der Waals surface area (Å²) < 4.78 is 42.9. The van der Waals surface area contributed by atoms with E-state index in [4.69, 9.17) is 37.9 Å². The number of amides is 4. The van der Waals surface area contributed by atoms with Gasteiger partial charge in [-0.3, -0.25) is 10.6 Å². The number of alkyl carbamates (subject to hydrolysis) is 4. The van der Waals surface area contributed by atoms with Crippen molar-refractivity contribution in [2.75, 3.05) is 26.8 Å². The number of rotatable bonds is 14. The number of methoxy groups -OCH3 is 1. The Hall–Kier alpha value is -4.97. The van der Waals surface area contributed by atoms with Gasteiger partial charge in [-0.2, -0.15) is 0 Å². The van der Waals surface area contributed by atoms with E-state index in [0.717, 1.165) is 39.2 Å². The molecular formula is C37H61N5O14. The number of esters is 1. The molecule has 19 nitrogen and oxygen atoms in total. The van der Waals surface area contributed by atoms with E-state index in [9.17, 15) is 28.8 Å². The van der Waals surface area contributed by atoms with E-state index >= 15 is 0 Å². The Labute approximate surface area is 328 Å². The van der Waals surface area contributed by atoms with Gasteiger partial charge in [-0.05, 0) is 81.2 Å². The summed E-state index contributed by atoms with van der Waals surface area (Å²) in [7, 11) is 1.13. The molecule has 4 N–H and O–H groups in total. The van der Waals surface area contributed by atoms with Gasteiger partial charge in [0.1, 0.15) is 29.5 Å². The summed E-state index contributed by atoms with van der Waals surface area (Å²) >= 11 is 0. The molecule has 0 bridgehead atoms. The van der Waals surface area contributed by atoms with Crippen molar-refractivity contribution < 1.29 is 66.7 Å². The average Bonchev–Trinajstić information content (AvgIpc) is 3.48. The van der Waals surface area contributed by atoms with Crippen LogP contribution in [0.3, 0.4) is 0 Å². The second kappa shape index (κ2) is 21.4. The van der Waals surface area contributed by atoms with Crippen molar-refractivity contribution in [2.45, 2.75) is 149 Å². The number of ether oxygens (including phenoxy) is 8. The van der Waals surface area contributed by atoms with Gasteiger partial charge in [0, 0.05) is 19.0 Å². The Kier molecular flexibility index (Phi) is 18.0. The Morgan fingerprint density at radius 2 is 1.23 bits per heavy atom. The summed E-state index contributed by atoms with van der Waals surface area (Å²) in [6.45, 7) is 17.5. The molecule has 0 radical (unpaired) electrons. The zero-order valence-corrected chi connectivity index (χ0v) is 34.5. The number of cyclic esters (lactones) is 2. The van der Waals surface area contributed by atoms with Gasteiger partial charge in [-0.1, -0.05) is 32.6 Å². The molecule has 0 aromatic heterocycles. The second-order valence-corrected chi connectivity index (χ2v) is 16.3. The zero-order chi connectivity index (χ0) is 42.3. The summed E-state index contributed by atoms with van der Waals surface area (Å²) in [5.74, 6) is -2.37. The zero-order valence-electron chi connectivity index (χ0n) is 34.5.